The van der Waals surface area contributed by atoms with Gasteiger partial charge in [-0.2, -0.15) is 0 Å². The molecule has 2 aromatic rings. The van der Waals surface area contributed by atoms with Crippen LogP contribution in [0.15, 0.2) is 65.6 Å². The van der Waals surface area contributed by atoms with Crippen LogP contribution >= 0.6 is 12.2 Å². The van der Waals surface area contributed by atoms with Crippen LogP contribution in [0.4, 0.5) is 0 Å². The van der Waals surface area contributed by atoms with Crippen molar-refractivity contribution in [3.05, 3.63) is 66.2 Å². The molecule has 0 aromatic heterocycles. The highest BCUT2D eigenvalue weighted by molar-refractivity contribution is 7.91. The van der Waals surface area contributed by atoms with E-state index in [1.54, 1.807) is 30.3 Å². The van der Waals surface area contributed by atoms with Gasteiger partial charge >= 0.3 is 0 Å². The van der Waals surface area contributed by atoms with Crippen molar-refractivity contribution in [2.45, 2.75) is 10.9 Å². The van der Waals surface area contributed by atoms with E-state index < -0.39 is 10.0 Å². The third kappa shape index (κ3) is 2.52. The lowest BCUT2D eigenvalue weighted by atomic mass is 10.1. The zero-order chi connectivity index (χ0) is 14.9. The standard InChI is InChI=1S/C15H14N2O2S2/c18-21(19,13-9-5-2-6-10-13)17-14(11-16-15(17)20)12-7-3-1-4-8-12/h1-10,14H,11H2,(H,16,20). The fraction of sp³-hybridized carbons (Fsp3) is 0.133. The Hall–Kier alpha value is -1.92. The maximum Gasteiger partial charge on any atom is 0.266 e. The monoisotopic (exact) mass is 318 g/mol. The second-order valence-corrected chi connectivity index (χ2v) is 6.93. The van der Waals surface area contributed by atoms with Crippen LogP contribution in [0.1, 0.15) is 11.6 Å². The summed E-state index contributed by atoms with van der Waals surface area (Å²) in [6, 6.07) is 17.6. The molecule has 0 radical (unpaired) electrons. The van der Waals surface area contributed by atoms with Crippen molar-refractivity contribution < 1.29 is 8.42 Å². The molecule has 1 fully saturated rings. The van der Waals surface area contributed by atoms with Gasteiger partial charge in [-0.15, -0.1) is 0 Å². The van der Waals surface area contributed by atoms with Crippen LogP contribution in [0.2, 0.25) is 0 Å². The van der Waals surface area contributed by atoms with Gasteiger partial charge < -0.3 is 5.32 Å². The molecule has 1 heterocycles. The Labute approximate surface area is 129 Å². The second-order valence-electron chi connectivity index (χ2n) is 4.73. The normalized spacial score (nSPS) is 18.6. The van der Waals surface area contributed by atoms with E-state index >= 15 is 0 Å². The molecule has 0 aliphatic carbocycles. The quantitative estimate of drug-likeness (QED) is 0.882. The molecule has 0 bridgehead atoms. The predicted octanol–water partition coefficient (Wildman–Crippen LogP) is 2.31. The van der Waals surface area contributed by atoms with Crippen molar-refractivity contribution in [2.75, 3.05) is 6.54 Å². The van der Waals surface area contributed by atoms with E-state index in [-0.39, 0.29) is 16.0 Å². The minimum atomic E-state index is -3.66. The summed E-state index contributed by atoms with van der Waals surface area (Å²) in [4.78, 5) is 0.247. The maximum absolute atomic E-state index is 12.8. The Kier molecular flexibility index (Phi) is 3.65. The number of hydrogen-bond acceptors (Lipinski definition) is 3. The third-order valence-electron chi connectivity index (χ3n) is 3.41. The lowest BCUT2D eigenvalue weighted by molar-refractivity contribution is 0.477. The van der Waals surface area contributed by atoms with Crippen LogP contribution in [-0.4, -0.2) is 24.4 Å². The van der Waals surface area contributed by atoms with E-state index in [4.69, 9.17) is 12.2 Å². The topological polar surface area (TPSA) is 49.4 Å². The van der Waals surface area contributed by atoms with Crippen LogP contribution in [0.3, 0.4) is 0 Å². The van der Waals surface area contributed by atoms with Gasteiger partial charge in [0.15, 0.2) is 5.11 Å². The fourth-order valence-electron chi connectivity index (χ4n) is 2.40. The van der Waals surface area contributed by atoms with Gasteiger partial charge in [0.1, 0.15) is 0 Å². The van der Waals surface area contributed by atoms with Gasteiger partial charge in [0.05, 0.1) is 10.9 Å². The van der Waals surface area contributed by atoms with Crippen LogP contribution in [0, 0.1) is 0 Å². The van der Waals surface area contributed by atoms with E-state index in [9.17, 15) is 8.42 Å². The van der Waals surface area contributed by atoms with Crippen molar-refractivity contribution in [1.82, 2.24) is 9.62 Å². The van der Waals surface area contributed by atoms with Gasteiger partial charge in [0.25, 0.3) is 10.0 Å². The fourth-order valence-corrected chi connectivity index (χ4v) is 4.44. The lowest BCUT2D eigenvalue weighted by Crippen LogP contribution is -2.35. The molecule has 0 saturated carbocycles. The lowest BCUT2D eigenvalue weighted by Gasteiger charge is -2.24. The summed E-state index contributed by atoms with van der Waals surface area (Å²) in [5, 5.41) is 3.22. The minimum Gasteiger partial charge on any atom is -0.359 e. The maximum atomic E-state index is 12.8. The zero-order valence-electron chi connectivity index (χ0n) is 11.1. The minimum absolute atomic E-state index is 0.243. The van der Waals surface area contributed by atoms with Gasteiger partial charge in [-0.3, -0.25) is 0 Å². The average Bonchev–Trinajstić information content (AvgIpc) is 2.91. The largest absolute Gasteiger partial charge is 0.359 e. The summed E-state index contributed by atoms with van der Waals surface area (Å²) >= 11 is 5.20. The first-order valence-electron chi connectivity index (χ1n) is 6.53. The number of nitrogens with zero attached hydrogens (tertiary/aromatic N) is 1. The number of nitrogens with one attached hydrogen (secondary N) is 1. The summed E-state index contributed by atoms with van der Waals surface area (Å²) in [5.41, 5.74) is 0.921. The molecule has 1 unspecified atom stereocenters. The molecule has 3 rings (SSSR count). The first kappa shape index (κ1) is 14.0. The van der Waals surface area contributed by atoms with Crippen LogP contribution in [0.25, 0.3) is 0 Å². The molecule has 0 amide bonds. The molecule has 21 heavy (non-hydrogen) atoms. The number of sulfonamides is 1. The zero-order valence-corrected chi connectivity index (χ0v) is 12.8. The number of rotatable bonds is 3. The van der Waals surface area contributed by atoms with Gasteiger partial charge in [-0.25, -0.2) is 12.7 Å². The smallest absolute Gasteiger partial charge is 0.266 e. The van der Waals surface area contributed by atoms with E-state index in [0.29, 0.717) is 6.54 Å². The Balaban J connectivity index is 2.05. The Morgan fingerprint density at radius 3 is 2.19 bits per heavy atom. The van der Waals surface area contributed by atoms with E-state index in [1.807, 2.05) is 30.3 Å². The average molecular weight is 318 g/mol. The van der Waals surface area contributed by atoms with Gasteiger partial charge in [-0.05, 0) is 29.9 Å². The Bertz CT molecular complexity index is 746. The number of benzene rings is 2. The molecule has 1 aliphatic heterocycles. The van der Waals surface area contributed by atoms with Crippen molar-refractivity contribution in [1.29, 1.82) is 0 Å². The van der Waals surface area contributed by atoms with Crippen LogP contribution in [-0.2, 0) is 10.0 Å². The van der Waals surface area contributed by atoms with Crippen molar-refractivity contribution in [3.8, 4) is 0 Å². The summed E-state index contributed by atoms with van der Waals surface area (Å²) < 4.78 is 27.0. The molecular weight excluding hydrogens is 304 g/mol. The van der Waals surface area contributed by atoms with Crippen molar-refractivity contribution >= 4 is 27.4 Å². The predicted molar refractivity (Wildman–Crippen MR) is 85.3 cm³/mol. The highest BCUT2D eigenvalue weighted by atomic mass is 32.2. The van der Waals surface area contributed by atoms with Gasteiger partial charge in [0.2, 0.25) is 0 Å². The van der Waals surface area contributed by atoms with Gasteiger partial charge in [0, 0.05) is 6.54 Å². The summed E-state index contributed by atoms with van der Waals surface area (Å²) in [6.45, 7) is 0.481. The van der Waals surface area contributed by atoms with Crippen molar-refractivity contribution in [2.24, 2.45) is 0 Å². The first-order chi connectivity index (χ1) is 10.1. The van der Waals surface area contributed by atoms with Crippen LogP contribution < -0.4 is 5.32 Å². The molecule has 1 aliphatic rings. The molecule has 2 aromatic carbocycles. The molecule has 1 saturated heterocycles. The first-order valence-corrected chi connectivity index (χ1v) is 8.38. The third-order valence-corrected chi connectivity index (χ3v) is 5.69. The van der Waals surface area contributed by atoms with Gasteiger partial charge in [-0.1, -0.05) is 48.5 Å². The summed E-state index contributed by atoms with van der Waals surface area (Å²) in [6.07, 6.45) is 0. The molecular formula is C15H14N2O2S2. The van der Waals surface area contributed by atoms with E-state index in [1.165, 1.54) is 4.31 Å². The molecule has 1 N–H and O–H groups in total. The SMILES string of the molecule is O=S(=O)(c1ccccc1)N1C(=S)NCC1c1ccccc1. The number of thiocarbonyl (C=S) groups is 1. The molecule has 6 heteroatoms. The van der Waals surface area contributed by atoms with E-state index in [2.05, 4.69) is 5.32 Å². The molecule has 1 atom stereocenters. The van der Waals surface area contributed by atoms with Crippen molar-refractivity contribution in [3.63, 3.8) is 0 Å². The molecule has 0 spiro atoms. The highest BCUT2D eigenvalue weighted by Crippen LogP contribution is 2.30. The Morgan fingerprint density at radius 1 is 1.00 bits per heavy atom. The van der Waals surface area contributed by atoms with Crippen LogP contribution in [0.5, 0.6) is 0 Å². The summed E-state index contributed by atoms with van der Waals surface area (Å²) in [5.74, 6) is 0. The summed E-state index contributed by atoms with van der Waals surface area (Å²) in [7, 11) is -3.66. The highest BCUT2D eigenvalue weighted by Gasteiger charge is 2.38. The van der Waals surface area contributed by atoms with E-state index in [0.717, 1.165) is 5.56 Å². The number of hydrogen-bond donors (Lipinski definition) is 1. The Morgan fingerprint density at radius 2 is 1.57 bits per heavy atom. The molecule has 4 nitrogen and oxygen atoms in total. The second kappa shape index (κ2) is 5.46. The molecule has 108 valence electrons.